The smallest absolute Gasteiger partial charge is 0.410 e. The Labute approximate surface area is 284 Å². The van der Waals surface area contributed by atoms with Gasteiger partial charge in [-0.05, 0) is 81.1 Å². The Hall–Kier alpha value is -5.25. The normalized spacial score (nSPS) is 17.0. The molecule has 5 N–H and O–H groups in total. The average molecular weight is 673 g/mol. The first kappa shape index (κ1) is 35.1. The number of benzene rings is 2. The van der Waals surface area contributed by atoms with E-state index in [4.69, 9.17) is 16.2 Å². The van der Waals surface area contributed by atoms with E-state index in [1.165, 1.54) is 15.2 Å². The number of nitrogens with two attached hydrogens (primary N) is 2. The van der Waals surface area contributed by atoms with E-state index in [9.17, 15) is 14.4 Å². The van der Waals surface area contributed by atoms with E-state index in [-0.39, 0.29) is 24.6 Å². The molecule has 0 unspecified atom stereocenters. The maximum absolute atomic E-state index is 12.4. The summed E-state index contributed by atoms with van der Waals surface area (Å²) < 4.78 is 5.49. The molecule has 2 saturated heterocycles. The third-order valence-corrected chi connectivity index (χ3v) is 8.73. The van der Waals surface area contributed by atoms with Crippen LogP contribution in [0.2, 0.25) is 0 Å². The van der Waals surface area contributed by atoms with Gasteiger partial charge in [0.15, 0.2) is 11.6 Å². The van der Waals surface area contributed by atoms with Gasteiger partial charge in [-0.2, -0.15) is 9.59 Å². The summed E-state index contributed by atoms with van der Waals surface area (Å²) in [6.45, 7) is 8.21. The highest BCUT2D eigenvalue weighted by atomic mass is 16.6. The van der Waals surface area contributed by atoms with E-state index < -0.39 is 22.8 Å². The van der Waals surface area contributed by atoms with Crippen LogP contribution in [0.3, 0.4) is 0 Å². The number of rotatable bonds is 8. The zero-order valence-corrected chi connectivity index (χ0v) is 28.2. The van der Waals surface area contributed by atoms with Crippen molar-refractivity contribution in [3.05, 3.63) is 83.4 Å². The maximum Gasteiger partial charge on any atom is 0.410 e. The first-order valence-corrected chi connectivity index (χ1v) is 16.3. The third-order valence-electron chi connectivity index (χ3n) is 8.73. The fourth-order valence-electron chi connectivity index (χ4n) is 6.33. The number of amides is 3. The van der Waals surface area contributed by atoms with Crippen molar-refractivity contribution < 1.29 is 19.1 Å². The number of ether oxygens (including phenoxy) is 1. The summed E-state index contributed by atoms with van der Waals surface area (Å²) in [4.78, 5) is 38.8. The Kier molecular flexibility index (Phi) is 10.7. The highest BCUT2D eigenvalue weighted by Gasteiger charge is 2.43. The second kappa shape index (κ2) is 14.9. The molecule has 2 aliphatic rings. The van der Waals surface area contributed by atoms with Crippen LogP contribution in [0.15, 0.2) is 60.7 Å². The lowest BCUT2D eigenvalue weighted by atomic mass is 9.72. The van der Waals surface area contributed by atoms with Crippen LogP contribution in [0, 0.1) is 0 Å². The van der Waals surface area contributed by atoms with E-state index in [2.05, 4.69) is 48.3 Å². The lowest BCUT2D eigenvalue weighted by molar-refractivity contribution is -0.119. The molecular weight excluding hydrogens is 628 g/mol. The van der Waals surface area contributed by atoms with Crippen molar-refractivity contribution in [1.29, 1.82) is 0 Å². The predicted molar refractivity (Wildman–Crippen MR) is 178 cm³/mol. The molecule has 2 aromatic carbocycles. The number of nitrogens with one attached hydrogen (secondary N) is 1. The molecular formula is C33H44N12O4. The molecule has 0 aliphatic carbocycles. The van der Waals surface area contributed by atoms with Gasteiger partial charge in [-0.25, -0.2) is 4.79 Å². The molecule has 49 heavy (non-hydrogen) atoms. The quantitative estimate of drug-likeness (QED) is 0.243. The van der Waals surface area contributed by atoms with Crippen LogP contribution < -0.4 is 16.8 Å². The van der Waals surface area contributed by atoms with Crippen LogP contribution in [-0.4, -0.2) is 95.0 Å². The Morgan fingerprint density at radius 1 is 0.735 bits per heavy atom. The molecule has 0 atom stereocenters. The fourth-order valence-corrected chi connectivity index (χ4v) is 6.33. The van der Waals surface area contributed by atoms with Gasteiger partial charge in [0.05, 0.1) is 10.8 Å². The summed E-state index contributed by atoms with van der Waals surface area (Å²) >= 11 is 0. The summed E-state index contributed by atoms with van der Waals surface area (Å²) in [6.07, 6.45) is 2.73. The SMILES string of the molecule is CC(C)(C)OC(=O)N1CCC(c2ccccc2)(c2nnn(CC(N)=O)n2)CC1.NC(=O)Cn1nnc(C2(c3ccccc3)CCNCC2)n1. The molecule has 0 spiro atoms. The number of carbonyl (C=O) groups excluding carboxylic acids is 3. The molecule has 0 bridgehead atoms. The molecule has 6 rings (SSSR count). The van der Waals surface area contributed by atoms with Gasteiger partial charge < -0.3 is 26.4 Å². The van der Waals surface area contributed by atoms with Crippen molar-refractivity contribution >= 4 is 17.9 Å². The zero-order valence-electron chi connectivity index (χ0n) is 28.2. The topological polar surface area (TPSA) is 215 Å². The van der Waals surface area contributed by atoms with Gasteiger partial charge in [-0.1, -0.05) is 60.7 Å². The molecule has 3 amide bonds. The number of hydrogen-bond acceptors (Lipinski definition) is 11. The molecule has 2 aliphatic heterocycles. The Morgan fingerprint density at radius 3 is 1.57 bits per heavy atom. The Balaban J connectivity index is 0.000000199. The Bertz CT molecular complexity index is 1700. The average Bonchev–Trinajstić information content (AvgIpc) is 3.75. The number of tetrazole rings is 2. The summed E-state index contributed by atoms with van der Waals surface area (Å²) in [5.41, 5.74) is 11.4. The largest absolute Gasteiger partial charge is 0.444 e. The van der Waals surface area contributed by atoms with E-state index >= 15 is 0 Å². The molecule has 0 saturated carbocycles. The van der Waals surface area contributed by atoms with Gasteiger partial charge in [0.1, 0.15) is 18.7 Å². The van der Waals surface area contributed by atoms with Gasteiger partial charge in [-0.15, -0.1) is 20.4 Å². The third kappa shape index (κ3) is 8.43. The van der Waals surface area contributed by atoms with Crippen molar-refractivity contribution in [2.75, 3.05) is 26.2 Å². The Morgan fingerprint density at radius 2 is 1.16 bits per heavy atom. The summed E-state index contributed by atoms with van der Waals surface area (Å²) in [6, 6.07) is 20.2. The number of aromatic nitrogens is 8. The van der Waals surface area contributed by atoms with Gasteiger partial charge >= 0.3 is 6.09 Å². The molecule has 260 valence electrons. The number of primary amides is 2. The van der Waals surface area contributed by atoms with Crippen LogP contribution in [0.5, 0.6) is 0 Å². The highest BCUT2D eigenvalue weighted by molar-refractivity contribution is 5.73. The summed E-state index contributed by atoms with van der Waals surface area (Å²) in [7, 11) is 0. The van der Waals surface area contributed by atoms with Crippen LogP contribution in [0.4, 0.5) is 4.79 Å². The standard InChI is InChI=1S/C19H26N6O3.C14H18N6O/c1-18(2,3)28-17(27)24-11-9-19(10-12-24,14-7-5-4-6-8-14)16-21-23-25(22-16)13-15(20)26;15-12(21)10-20-18-13(17-19-20)14(6-8-16-9-7-14)11-4-2-1-3-5-11/h4-8H,9-13H2,1-3H3,(H2,20,26);1-5,16H,6-10H2,(H2,15,21). The molecule has 16 nitrogen and oxygen atoms in total. The molecule has 0 radical (unpaired) electrons. The number of carbonyl (C=O) groups is 3. The van der Waals surface area contributed by atoms with Crippen LogP contribution in [0.1, 0.15) is 69.2 Å². The minimum absolute atomic E-state index is 0.0455. The van der Waals surface area contributed by atoms with E-state index in [0.717, 1.165) is 31.5 Å². The van der Waals surface area contributed by atoms with Crippen molar-refractivity contribution in [3.8, 4) is 0 Å². The highest BCUT2D eigenvalue weighted by Crippen LogP contribution is 2.40. The van der Waals surface area contributed by atoms with Crippen LogP contribution in [-0.2, 0) is 38.2 Å². The summed E-state index contributed by atoms with van der Waals surface area (Å²) in [5.74, 6) is 0.190. The van der Waals surface area contributed by atoms with E-state index in [1.54, 1.807) is 4.90 Å². The first-order valence-electron chi connectivity index (χ1n) is 16.3. The van der Waals surface area contributed by atoms with Gasteiger partial charge in [-0.3, -0.25) is 9.59 Å². The molecule has 2 aromatic heterocycles. The minimum Gasteiger partial charge on any atom is -0.444 e. The summed E-state index contributed by atoms with van der Waals surface area (Å²) in [5, 5.41) is 28.5. The number of likely N-dealkylation sites (tertiary alicyclic amines) is 1. The molecule has 4 heterocycles. The predicted octanol–water partition coefficient (Wildman–Crippen LogP) is 1.30. The lowest BCUT2D eigenvalue weighted by Crippen LogP contribution is -2.47. The van der Waals surface area contributed by atoms with Crippen LogP contribution >= 0.6 is 0 Å². The van der Waals surface area contributed by atoms with Gasteiger partial charge in [0.25, 0.3) is 0 Å². The van der Waals surface area contributed by atoms with Crippen molar-refractivity contribution in [3.63, 3.8) is 0 Å². The van der Waals surface area contributed by atoms with Gasteiger partial charge in [0, 0.05) is 13.1 Å². The number of nitrogens with zero attached hydrogens (tertiary/aromatic N) is 9. The minimum atomic E-state index is -0.538. The fraction of sp³-hybridized carbons (Fsp3) is 0.485. The molecule has 4 aromatic rings. The van der Waals surface area contributed by atoms with E-state index in [0.29, 0.717) is 37.6 Å². The monoisotopic (exact) mass is 672 g/mol. The van der Waals surface area contributed by atoms with Gasteiger partial charge in [0.2, 0.25) is 11.8 Å². The number of hydrogen-bond donors (Lipinski definition) is 3. The molecule has 2 fully saturated rings. The maximum atomic E-state index is 12.4. The first-order chi connectivity index (χ1) is 23.4. The van der Waals surface area contributed by atoms with Crippen LogP contribution in [0.25, 0.3) is 0 Å². The lowest BCUT2D eigenvalue weighted by Gasteiger charge is -2.40. The van der Waals surface area contributed by atoms with Crippen molar-refractivity contribution in [2.45, 2.75) is 76.0 Å². The number of piperidine rings is 2. The second-order valence-electron chi connectivity index (χ2n) is 13.3. The van der Waals surface area contributed by atoms with E-state index in [1.807, 2.05) is 69.3 Å². The second-order valence-corrected chi connectivity index (χ2v) is 13.3. The van der Waals surface area contributed by atoms with Crippen molar-refractivity contribution in [2.24, 2.45) is 11.5 Å². The van der Waals surface area contributed by atoms with Crippen molar-refractivity contribution in [1.82, 2.24) is 50.6 Å². The molecule has 16 heteroatoms. The zero-order chi connectivity index (χ0) is 35.1.